The van der Waals surface area contributed by atoms with Crippen molar-refractivity contribution in [3.63, 3.8) is 0 Å². The van der Waals surface area contributed by atoms with Gasteiger partial charge in [-0.05, 0) is 30.3 Å². The number of hydrogen-bond donors (Lipinski definition) is 1. The Balaban J connectivity index is 1.45. The van der Waals surface area contributed by atoms with Crippen molar-refractivity contribution in [2.24, 2.45) is 7.05 Å². The van der Waals surface area contributed by atoms with Crippen LogP contribution in [-0.2, 0) is 17.1 Å². The largest absolute Gasteiger partial charge is 0.494 e. The lowest BCUT2D eigenvalue weighted by Crippen LogP contribution is -2.13. The third kappa shape index (κ3) is 4.58. The highest BCUT2D eigenvalue weighted by molar-refractivity contribution is 7.92. The topological polar surface area (TPSA) is 103 Å². The smallest absolute Gasteiger partial charge is 0.263 e. The Morgan fingerprint density at radius 3 is 2.54 bits per heavy atom. The molecule has 0 radical (unpaired) electrons. The summed E-state index contributed by atoms with van der Waals surface area (Å²) >= 11 is 0. The third-order valence-electron chi connectivity index (χ3n) is 5.23. The predicted octanol–water partition coefficient (Wildman–Crippen LogP) is 3.34. The van der Waals surface area contributed by atoms with Gasteiger partial charge in [0.1, 0.15) is 17.1 Å². The van der Waals surface area contributed by atoms with E-state index >= 15 is 0 Å². The molecule has 0 saturated heterocycles. The monoisotopic (exact) mass is 484 g/mol. The number of nitrogens with zero attached hydrogens (tertiary/aromatic N) is 5. The first-order chi connectivity index (χ1) is 16.9. The Kier molecular flexibility index (Phi) is 5.68. The normalized spacial score (nSPS) is 11.1. The number of methoxy groups -OCH3 is 1. The molecule has 174 valence electrons. The summed E-state index contributed by atoms with van der Waals surface area (Å²) < 4.78 is 36.7. The van der Waals surface area contributed by atoms with Gasteiger partial charge >= 0.3 is 0 Å². The molecule has 0 fully saturated rings. The Bertz CT molecular complexity index is 1700. The Morgan fingerprint density at radius 1 is 0.971 bits per heavy atom. The van der Waals surface area contributed by atoms with Crippen molar-refractivity contribution in [2.75, 3.05) is 11.8 Å². The van der Waals surface area contributed by atoms with Gasteiger partial charge in [-0.15, -0.1) is 0 Å². The second-order valence-electron chi connectivity index (χ2n) is 7.65. The van der Waals surface area contributed by atoms with Crippen molar-refractivity contribution in [3.05, 3.63) is 90.6 Å². The van der Waals surface area contributed by atoms with Gasteiger partial charge in [-0.3, -0.25) is 9.40 Å². The molecule has 9 nitrogen and oxygen atoms in total. The van der Waals surface area contributed by atoms with Crippen molar-refractivity contribution in [2.45, 2.75) is 4.90 Å². The van der Waals surface area contributed by atoms with Gasteiger partial charge in [0.2, 0.25) is 0 Å². The highest BCUT2D eigenvalue weighted by atomic mass is 32.2. The maximum Gasteiger partial charge on any atom is 0.263 e. The van der Waals surface area contributed by atoms with E-state index in [0.717, 1.165) is 16.6 Å². The molecule has 0 saturated carbocycles. The molecule has 4 aromatic heterocycles. The fraction of sp³-hybridized carbons (Fsp3) is 0.0800. The van der Waals surface area contributed by atoms with Crippen LogP contribution in [0.5, 0.6) is 5.75 Å². The van der Waals surface area contributed by atoms with Crippen LogP contribution in [0.15, 0.2) is 84.4 Å². The van der Waals surface area contributed by atoms with Crippen molar-refractivity contribution < 1.29 is 13.2 Å². The van der Waals surface area contributed by atoms with Gasteiger partial charge in [0, 0.05) is 42.3 Å². The molecule has 0 unspecified atom stereocenters. The van der Waals surface area contributed by atoms with E-state index in [0.29, 0.717) is 16.9 Å². The molecule has 10 heteroatoms. The summed E-state index contributed by atoms with van der Waals surface area (Å²) in [5.41, 5.74) is 3.85. The summed E-state index contributed by atoms with van der Waals surface area (Å²) in [6.07, 6.45) is 8.75. The quantitative estimate of drug-likeness (QED) is 0.384. The second kappa shape index (κ2) is 8.96. The lowest BCUT2D eigenvalue weighted by atomic mass is 10.1. The number of pyridine rings is 2. The van der Waals surface area contributed by atoms with E-state index in [4.69, 9.17) is 4.74 Å². The van der Waals surface area contributed by atoms with Gasteiger partial charge in [-0.1, -0.05) is 30.0 Å². The van der Waals surface area contributed by atoms with Crippen LogP contribution < -0.4 is 9.46 Å². The molecule has 0 bridgehead atoms. The van der Waals surface area contributed by atoms with Crippen molar-refractivity contribution >= 4 is 21.4 Å². The zero-order valence-electron chi connectivity index (χ0n) is 18.9. The number of sulfonamides is 1. The van der Waals surface area contributed by atoms with Crippen LogP contribution in [0.2, 0.25) is 0 Å². The molecule has 0 aliphatic carbocycles. The maximum atomic E-state index is 12.6. The summed E-state index contributed by atoms with van der Waals surface area (Å²) in [5, 5.41) is 8.65. The zero-order valence-corrected chi connectivity index (χ0v) is 19.7. The summed E-state index contributed by atoms with van der Waals surface area (Å²) in [4.78, 5) is 4.27. The molecule has 0 aliphatic rings. The average molecular weight is 485 g/mol. The van der Waals surface area contributed by atoms with Crippen LogP contribution in [-0.4, -0.2) is 39.9 Å². The number of fused-ring (bicyclic) bond motifs is 1. The molecule has 1 N–H and O–H groups in total. The van der Waals surface area contributed by atoms with Crippen LogP contribution in [0.4, 0.5) is 5.82 Å². The molecule has 0 aliphatic heterocycles. The third-order valence-corrected chi connectivity index (χ3v) is 6.60. The number of rotatable bonds is 5. The summed E-state index contributed by atoms with van der Waals surface area (Å²) in [5.74, 6) is 6.97. The number of benzene rings is 1. The lowest BCUT2D eigenvalue weighted by Gasteiger charge is -2.07. The highest BCUT2D eigenvalue weighted by Gasteiger charge is 2.15. The van der Waals surface area contributed by atoms with Crippen LogP contribution in [0.3, 0.4) is 0 Å². The van der Waals surface area contributed by atoms with Crippen molar-refractivity contribution in [1.29, 1.82) is 0 Å². The molecule has 0 atom stereocenters. The van der Waals surface area contributed by atoms with Gasteiger partial charge < -0.3 is 4.74 Å². The molecule has 35 heavy (non-hydrogen) atoms. The average Bonchev–Trinajstić information content (AvgIpc) is 3.49. The number of aromatic nitrogens is 5. The van der Waals surface area contributed by atoms with Crippen LogP contribution >= 0.6 is 0 Å². The molecule has 4 heterocycles. The van der Waals surface area contributed by atoms with Crippen LogP contribution in [0.25, 0.3) is 16.6 Å². The fourth-order valence-corrected chi connectivity index (χ4v) is 4.58. The lowest BCUT2D eigenvalue weighted by molar-refractivity contribution is 0.417. The second-order valence-corrected chi connectivity index (χ2v) is 9.33. The Morgan fingerprint density at radius 2 is 1.80 bits per heavy atom. The number of nitrogens with one attached hydrogen (secondary N) is 1. The predicted molar refractivity (Wildman–Crippen MR) is 131 cm³/mol. The first-order valence-corrected chi connectivity index (χ1v) is 12.0. The van der Waals surface area contributed by atoms with Gasteiger partial charge in [-0.25, -0.2) is 17.9 Å². The number of ether oxygens (including phenoxy) is 1. The van der Waals surface area contributed by atoms with E-state index in [1.54, 1.807) is 59.0 Å². The Hall–Kier alpha value is -4.62. The molecule has 0 amide bonds. The van der Waals surface area contributed by atoms with E-state index in [1.165, 1.54) is 18.3 Å². The fourth-order valence-electron chi connectivity index (χ4n) is 3.56. The van der Waals surface area contributed by atoms with Crippen LogP contribution in [0.1, 0.15) is 11.1 Å². The van der Waals surface area contributed by atoms with Gasteiger partial charge in [-0.2, -0.15) is 10.2 Å². The molecule has 1 aromatic carbocycles. The number of aryl methyl sites for hydroxylation is 1. The van der Waals surface area contributed by atoms with Gasteiger partial charge in [0.05, 0.1) is 30.0 Å². The number of anilines is 1. The van der Waals surface area contributed by atoms with E-state index < -0.39 is 10.0 Å². The van der Waals surface area contributed by atoms with Gasteiger partial charge in [0.25, 0.3) is 10.0 Å². The minimum atomic E-state index is -3.75. The minimum absolute atomic E-state index is 0.155. The van der Waals surface area contributed by atoms with Crippen molar-refractivity contribution in [3.8, 4) is 28.7 Å². The first kappa shape index (κ1) is 22.2. The highest BCUT2D eigenvalue weighted by Crippen LogP contribution is 2.29. The van der Waals surface area contributed by atoms with E-state index in [9.17, 15) is 8.42 Å². The Labute approximate surface area is 202 Å². The van der Waals surface area contributed by atoms with E-state index in [1.807, 2.05) is 25.5 Å². The first-order valence-electron chi connectivity index (χ1n) is 10.5. The van der Waals surface area contributed by atoms with E-state index in [-0.39, 0.29) is 10.7 Å². The minimum Gasteiger partial charge on any atom is -0.494 e. The summed E-state index contributed by atoms with van der Waals surface area (Å²) in [6, 6.07) is 13.3. The number of hydrogen-bond acceptors (Lipinski definition) is 6. The maximum absolute atomic E-state index is 12.6. The SMILES string of the molecule is COc1cc(-c2cnn(C)c2)cn2ncc(C#Cc3ccnc(NS(=O)(=O)c4ccccc4)c3)c12. The van der Waals surface area contributed by atoms with Crippen LogP contribution in [0, 0.1) is 11.8 Å². The molecular formula is C25H20N6O3S. The molecule has 0 spiro atoms. The molecule has 5 aromatic rings. The van der Waals surface area contributed by atoms with E-state index in [2.05, 4.69) is 31.7 Å². The summed E-state index contributed by atoms with van der Waals surface area (Å²) in [6.45, 7) is 0. The van der Waals surface area contributed by atoms with Gasteiger partial charge in [0.15, 0.2) is 0 Å². The molecule has 5 rings (SSSR count). The molecular weight excluding hydrogens is 464 g/mol. The zero-order chi connectivity index (χ0) is 24.4. The standard InChI is InChI=1S/C25H20N6O3S/c1-30-16-21(15-27-30)20-13-23(34-2)25-19(14-28-31(25)17-20)9-8-18-10-11-26-24(12-18)29-35(32,33)22-6-4-3-5-7-22/h3-7,10-17H,1-2H3,(H,26,29). The summed E-state index contributed by atoms with van der Waals surface area (Å²) in [7, 11) is -0.291. The van der Waals surface area contributed by atoms with Crippen molar-refractivity contribution in [1.82, 2.24) is 24.4 Å².